The quantitative estimate of drug-likeness (QED) is 0.407. The van der Waals surface area contributed by atoms with E-state index in [2.05, 4.69) is 6.92 Å². The maximum atomic E-state index is 12.3. The smallest absolute Gasteiger partial charge is 0.333 e. The second kappa shape index (κ2) is 10.6. The van der Waals surface area contributed by atoms with Gasteiger partial charge >= 0.3 is 11.9 Å². The number of aliphatic hydroxyl groups is 1. The van der Waals surface area contributed by atoms with Crippen molar-refractivity contribution in [1.29, 1.82) is 0 Å². The molecule has 0 aliphatic heterocycles. The summed E-state index contributed by atoms with van der Waals surface area (Å²) in [7, 11) is 0. The van der Waals surface area contributed by atoms with Crippen LogP contribution in [0.15, 0.2) is 23.3 Å². The summed E-state index contributed by atoms with van der Waals surface area (Å²) in [6.07, 6.45) is 4.58. The molecule has 1 fully saturated rings. The second-order valence-electron chi connectivity index (χ2n) is 8.20. The monoisotopic (exact) mass is 380 g/mol. The minimum atomic E-state index is -0.411. The minimum Gasteiger partial charge on any atom is -0.459 e. The molecule has 0 aromatic heterocycles. The highest BCUT2D eigenvalue weighted by Crippen LogP contribution is 2.38. The van der Waals surface area contributed by atoms with Crippen molar-refractivity contribution in [3.8, 4) is 0 Å². The third-order valence-electron chi connectivity index (χ3n) is 5.44. The maximum absolute atomic E-state index is 12.3. The first-order valence-corrected chi connectivity index (χ1v) is 9.89. The van der Waals surface area contributed by atoms with E-state index in [-0.39, 0.29) is 41.9 Å². The van der Waals surface area contributed by atoms with Crippen LogP contribution in [-0.2, 0) is 19.1 Å². The summed E-state index contributed by atoms with van der Waals surface area (Å²) in [5.41, 5.74) is 1.67. The molecule has 0 unspecified atom stereocenters. The Bertz CT molecular complexity index is 573. The van der Waals surface area contributed by atoms with Gasteiger partial charge in [0, 0.05) is 18.4 Å². The van der Waals surface area contributed by atoms with Crippen LogP contribution in [0.1, 0.15) is 67.7 Å². The highest BCUT2D eigenvalue weighted by atomic mass is 16.5. The predicted octanol–water partition coefficient (Wildman–Crippen LogP) is 4.20. The molecule has 1 N–H and O–H groups in total. The molecule has 0 aromatic carbocycles. The summed E-state index contributed by atoms with van der Waals surface area (Å²) in [6.45, 7) is 13.0. The van der Waals surface area contributed by atoms with Gasteiger partial charge in [-0.3, -0.25) is 4.79 Å². The molecule has 5 nitrogen and oxygen atoms in total. The molecule has 0 radical (unpaired) electrons. The van der Waals surface area contributed by atoms with E-state index in [1.165, 1.54) is 6.92 Å². The fraction of sp³-hybridized carbons (Fsp3) is 0.727. The molecular weight excluding hydrogens is 344 g/mol. The number of carbonyl (C=O) groups is 2. The molecule has 0 saturated heterocycles. The zero-order chi connectivity index (χ0) is 20.7. The molecular formula is C22H36O5. The molecule has 27 heavy (non-hydrogen) atoms. The van der Waals surface area contributed by atoms with E-state index in [1.807, 2.05) is 33.8 Å². The summed E-state index contributed by atoms with van der Waals surface area (Å²) < 4.78 is 11.2. The lowest BCUT2D eigenvalue weighted by molar-refractivity contribution is -0.155. The Hall–Kier alpha value is -1.62. The molecule has 154 valence electrons. The Morgan fingerprint density at radius 2 is 1.81 bits per heavy atom. The average molecular weight is 381 g/mol. The van der Waals surface area contributed by atoms with E-state index >= 15 is 0 Å². The van der Waals surface area contributed by atoms with E-state index in [1.54, 1.807) is 13.0 Å². The van der Waals surface area contributed by atoms with Gasteiger partial charge in [0.15, 0.2) is 0 Å². The van der Waals surface area contributed by atoms with Crippen LogP contribution < -0.4 is 0 Å². The van der Waals surface area contributed by atoms with E-state index in [0.717, 1.165) is 5.57 Å². The van der Waals surface area contributed by atoms with Gasteiger partial charge in [-0.05, 0) is 64.9 Å². The van der Waals surface area contributed by atoms with Crippen molar-refractivity contribution in [1.82, 2.24) is 0 Å². The summed E-state index contributed by atoms with van der Waals surface area (Å²) in [5, 5.41) is 10.4. The first-order chi connectivity index (χ1) is 12.5. The number of rotatable bonds is 7. The fourth-order valence-corrected chi connectivity index (χ4v) is 3.72. The van der Waals surface area contributed by atoms with E-state index in [9.17, 15) is 14.7 Å². The molecule has 0 spiro atoms. The van der Waals surface area contributed by atoms with Crippen molar-refractivity contribution >= 4 is 11.9 Å². The summed E-state index contributed by atoms with van der Waals surface area (Å²) in [5.74, 6) is -0.388. The highest BCUT2D eigenvalue weighted by molar-refractivity contribution is 5.87. The molecule has 1 saturated carbocycles. The van der Waals surface area contributed by atoms with Crippen LogP contribution in [0.5, 0.6) is 0 Å². The first kappa shape index (κ1) is 23.4. The van der Waals surface area contributed by atoms with Crippen molar-refractivity contribution in [2.24, 2.45) is 17.8 Å². The van der Waals surface area contributed by atoms with Crippen LogP contribution in [0.3, 0.4) is 0 Å². The maximum Gasteiger partial charge on any atom is 0.333 e. The van der Waals surface area contributed by atoms with Crippen molar-refractivity contribution in [3.05, 3.63) is 23.3 Å². The van der Waals surface area contributed by atoms with Gasteiger partial charge in [-0.2, -0.15) is 0 Å². The Morgan fingerprint density at radius 1 is 1.19 bits per heavy atom. The normalized spacial score (nSPS) is 28.1. The van der Waals surface area contributed by atoms with Gasteiger partial charge in [-0.15, -0.1) is 0 Å². The molecule has 1 aliphatic carbocycles. The molecule has 1 rings (SSSR count). The van der Waals surface area contributed by atoms with E-state index < -0.39 is 6.10 Å². The summed E-state index contributed by atoms with van der Waals surface area (Å²) >= 11 is 0. The predicted molar refractivity (Wildman–Crippen MR) is 106 cm³/mol. The zero-order valence-electron chi connectivity index (χ0n) is 17.8. The third-order valence-corrected chi connectivity index (χ3v) is 5.44. The molecule has 0 amide bonds. The fourth-order valence-electron chi connectivity index (χ4n) is 3.72. The number of carbonyl (C=O) groups excluding carboxylic acids is 2. The number of esters is 2. The van der Waals surface area contributed by atoms with Crippen LogP contribution in [0.4, 0.5) is 0 Å². The lowest BCUT2D eigenvalue weighted by atomic mass is 9.72. The van der Waals surface area contributed by atoms with Crippen molar-refractivity contribution in [3.63, 3.8) is 0 Å². The third kappa shape index (κ3) is 7.49. The second-order valence-corrected chi connectivity index (χ2v) is 8.20. The summed E-state index contributed by atoms with van der Waals surface area (Å²) in [4.78, 5) is 23.7. The van der Waals surface area contributed by atoms with Crippen molar-refractivity contribution < 1.29 is 24.2 Å². The highest BCUT2D eigenvalue weighted by Gasteiger charge is 2.40. The molecule has 0 aromatic rings. The van der Waals surface area contributed by atoms with Gasteiger partial charge in [0.25, 0.3) is 0 Å². The Balaban J connectivity index is 2.95. The lowest BCUT2D eigenvalue weighted by Crippen LogP contribution is -2.43. The van der Waals surface area contributed by atoms with Crippen LogP contribution in [0.2, 0.25) is 0 Å². The Labute approximate surface area is 163 Å². The zero-order valence-corrected chi connectivity index (χ0v) is 17.8. The van der Waals surface area contributed by atoms with E-state index in [0.29, 0.717) is 24.8 Å². The van der Waals surface area contributed by atoms with Gasteiger partial charge in [-0.1, -0.05) is 25.5 Å². The first-order valence-electron chi connectivity index (χ1n) is 9.89. The lowest BCUT2D eigenvalue weighted by Gasteiger charge is -2.41. The Morgan fingerprint density at radius 3 is 2.33 bits per heavy atom. The molecule has 0 bridgehead atoms. The molecule has 6 atom stereocenters. The van der Waals surface area contributed by atoms with Gasteiger partial charge in [0.1, 0.15) is 12.2 Å². The standard InChI is InChI=1S/C22H36O5/c1-8-14(4)22(25)27-21-11-16(6)20(24)12-19(21)15(5)10-18(9-13(2)3)26-17(7)23/h8-9,15-16,18-21,24H,10-12H2,1-7H3/b14-8-/t15-,16+,18+,19+,20-,21-/m1/s1. The largest absolute Gasteiger partial charge is 0.459 e. The van der Waals surface area contributed by atoms with Crippen LogP contribution >= 0.6 is 0 Å². The molecule has 0 heterocycles. The minimum absolute atomic E-state index is 0.0217. The van der Waals surface area contributed by atoms with Crippen LogP contribution in [0, 0.1) is 17.8 Å². The number of allylic oxidation sites excluding steroid dienone is 2. The van der Waals surface area contributed by atoms with Gasteiger partial charge in [-0.25, -0.2) is 4.79 Å². The topological polar surface area (TPSA) is 72.8 Å². The number of ether oxygens (including phenoxy) is 2. The number of aliphatic hydroxyl groups excluding tert-OH is 1. The van der Waals surface area contributed by atoms with Gasteiger partial charge in [0.05, 0.1) is 6.10 Å². The van der Waals surface area contributed by atoms with Gasteiger partial charge < -0.3 is 14.6 Å². The number of hydrogen-bond acceptors (Lipinski definition) is 5. The average Bonchev–Trinajstić information content (AvgIpc) is 2.55. The molecule has 1 aliphatic rings. The Kier molecular flexibility index (Phi) is 9.23. The van der Waals surface area contributed by atoms with Gasteiger partial charge in [0.2, 0.25) is 0 Å². The number of hydrogen-bond donors (Lipinski definition) is 1. The SMILES string of the molecule is C/C=C(/C)C(=O)O[C@@H]1C[C@H](C)[C@H](O)C[C@H]1[C@H](C)C[C@H](C=C(C)C)OC(C)=O. The molecule has 5 heteroatoms. The van der Waals surface area contributed by atoms with Crippen molar-refractivity contribution in [2.45, 2.75) is 86.0 Å². The summed E-state index contributed by atoms with van der Waals surface area (Å²) in [6, 6.07) is 0. The van der Waals surface area contributed by atoms with E-state index in [4.69, 9.17) is 9.47 Å². The van der Waals surface area contributed by atoms with Crippen LogP contribution in [-0.4, -0.2) is 35.4 Å². The van der Waals surface area contributed by atoms with Crippen LogP contribution in [0.25, 0.3) is 0 Å². The van der Waals surface area contributed by atoms with Crippen molar-refractivity contribution in [2.75, 3.05) is 0 Å².